The second-order valence-electron chi connectivity index (χ2n) is 5.12. The van der Waals surface area contributed by atoms with Crippen LogP contribution in [0, 0.1) is 13.8 Å². The van der Waals surface area contributed by atoms with Gasteiger partial charge < -0.3 is 10.6 Å². The minimum Gasteiger partial charge on any atom is -0.382 e. The zero-order valence-electron chi connectivity index (χ0n) is 12.5. The van der Waals surface area contributed by atoms with Crippen LogP contribution in [-0.4, -0.2) is 12.5 Å². The van der Waals surface area contributed by atoms with E-state index < -0.39 is 0 Å². The minimum absolute atomic E-state index is 0.0565. The van der Waals surface area contributed by atoms with Gasteiger partial charge >= 0.3 is 0 Å². The van der Waals surface area contributed by atoms with E-state index in [1.807, 2.05) is 32.0 Å². The monoisotopic (exact) mass is 336 g/mol. The first-order chi connectivity index (χ1) is 10.5. The molecule has 2 aromatic rings. The molecule has 0 aliphatic rings. The van der Waals surface area contributed by atoms with Crippen molar-refractivity contribution in [2.45, 2.75) is 20.3 Å². The third-order valence-electron chi connectivity index (χ3n) is 3.41. The number of carbonyl (C=O) groups excluding carboxylic acids is 1. The Labute approximate surface area is 140 Å². The molecule has 0 heterocycles. The molecule has 0 fully saturated rings. The van der Waals surface area contributed by atoms with Gasteiger partial charge in [-0.1, -0.05) is 35.3 Å². The van der Waals surface area contributed by atoms with E-state index in [0.717, 1.165) is 11.3 Å². The van der Waals surface area contributed by atoms with E-state index in [4.69, 9.17) is 23.2 Å². The van der Waals surface area contributed by atoms with Gasteiger partial charge in [-0.3, -0.25) is 4.79 Å². The highest BCUT2D eigenvalue weighted by atomic mass is 35.5. The van der Waals surface area contributed by atoms with Crippen molar-refractivity contribution in [1.82, 2.24) is 0 Å². The Kier molecular flexibility index (Phi) is 5.69. The molecule has 116 valence electrons. The smallest absolute Gasteiger partial charge is 0.226 e. The first-order valence-corrected chi connectivity index (χ1v) is 7.78. The van der Waals surface area contributed by atoms with Gasteiger partial charge in [0.1, 0.15) is 0 Å². The molecule has 0 bridgehead atoms. The van der Waals surface area contributed by atoms with E-state index in [2.05, 4.69) is 10.6 Å². The number of carbonyl (C=O) groups is 1. The molecule has 0 saturated heterocycles. The molecule has 22 heavy (non-hydrogen) atoms. The molecular weight excluding hydrogens is 319 g/mol. The molecule has 0 aliphatic heterocycles. The second-order valence-corrected chi connectivity index (χ2v) is 5.94. The van der Waals surface area contributed by atoms with E-state index in [1.165, 1.54) is 5.56 Å². The zero-order chi connectivity index (χ0) is 16.1. The first kappa shape index (κ1) is 16.7. The van der Waals surface area contributed by atoms with Crippen LogP contribution >= 0.6 is 23.2 Å². The number of hydrogen-bond acceptors (Lipinski definition) is 2. The maximum Gasteiger partial charge on any atom is 0.226 e. The second kappa shape index (κ2) is 7.52. The lowest BCUT2D eigenvalue weighted by Crippen LogP contribution is -2.16. The van der Waals surface area contributed by atoms with E-state index in [9.17, 15) is 4.79 Å². The quantitative estimate of drug-likeness (QED) is 0.801. The van der Waals surface area contributed by atoms with E-state index in [0.29, 0.717) is 28.7 Å². The Bertz CT molecular complexity index is 666. The number of benzene rings is 2. The highest BCUT2D eigenvalue weighted by Crippen LogP contribution is 2.29. The van der Waals surface area contributed by atoms with Crippen LogP contribution in [0.15, 0.2) is 36.4 Å². The summed E-state index contributed by atoms with van der Waals surface area (Å²) in [4.78, 5) is 12.0. The van der Waals surface area contributed by atoms with Crippen molar-refractivity contribution in [3.8, 4) is 0 Å². The number of para-hydroxylation sites is 1. The Balaban J connectivity index is 1.86. The summed E-state index contributed by atoms with van der Waals surface area (Å²) in [6, 6.07) is 11.1. The Morgan fingerprint density at radius 1 is 1.05 bits per heavy atom. The van der Waals surface area contributed by atoms with Crippen LogP contribution in [0.1, 0.15) is 17.5 Å². The Morgan fingerprint density at radius 2 is 1.73 bits per heavy atom. The Morgan fingerprint density at radius 3 is 2.36 bits per heavy atom. The molecule has 2 N–H and O–H groups in total. The van der Waals surface area contributed by atoms with Gasteiger partial charge in [0, 0.05) is 18.7 Å². The number of nitrogens with one attached hydrogen (secondary N) is 2. The summed E-state index contributed by atoms with van der Waals surface area (Å²) in [6.07, 6.45) is 0.328. The normalized spacial score (nSPS) is 10.4. The van der Waals surface area contributed by atoms with E-state index in [-0.39, 0.29) is 5.91 Å². The summed E-state index contributed by atoms with van der Waals surface area (Å²) in [7, 11) is 0. The minimum atomic E-state index is -0.0565. The van der Waals surface area contributed by atoms with Crippen LogP contribution in [0.3, 0.4) is 0 Å². The number of hydrogen-bond donors (Lipinski definition) is 2. The molecule has 0 unspecified atom stereocenters. The highest BCUT2D eigenvalue weighted by Gasteiger charge is 2.07. The molecule has 0 atom stereocenters. The average molecular weight is 337 g/mol. The molecule has 0 radical (unpaired) electrons. The lowest BCUT2D eigenvalue weighted by Gasteiger charge is -2.11. The number of rotatable bonds is 5. The van der Waals surface area contributed by atoms with Gasteiger partial charge in [0.15, 0.2) is 0 Å². The molecule has 2 rings (SSSR count). The lowest BCUT2D eigenvalue weighted by atomic mass is 10.1. The molecule has 2 aromatic carbocycles. The van der Waals surface area contributed by atoms with Crippen LogP contribution in [-0.2, 0) is 4.79 Å². The first-order valence-electron chi connectivity index (χ1n) is 7.02. The van der Waals surface area contributed by atoms with Gasteiger partial charge in [0.25, 0.3) is 0 Å². The number of aryl methyl sites for hydroxylation is 2. The summed E-state index contributed by atoms with van der Waals surface area (Å²) in [5, 5.41) is 7.06. The Hall–Kier alpha value is -1.71. The standard InChI is InChI=1S/C17H18Cl2N2O/c1-11-6-7-13(10-12(11)2)21-16(22)8-9-20-17-14(18)4-3-5-15(17)19/h3-7,10,20H,8-9H2,1-2H3,(H,21,22). The van der Waals surface area contributed by atoms with Crippen LogP contribution in [0.2, 0.25) is 10.0 Å². The molecule has 0 aliphatic carbocycles. The topological polar surface area (TPSA) is 41.1 Å². The van der Waals surface area contributed by atoms with Crippen LogP contribution in [0.4, 0.5) is 11.4 Å². The third-order valence-corrected chi connectivity index (χ3v) is 4.04. The van der Waals surface area contributed by atoms with Gasteiger partial charge in [0.05, 0.1) is 15.7 Å². The number of amides is 1. The predicted octanol–water partition coefficient (Wildman–Crippen LogP) is 5.05. The van der Waals surface area contributed by atoms with Gasteiger partial charge in [-0.05, 0) is 49.2 Å². The van der Waals surface area contributed by atoms with Crippen molar-refractivity contribution >= 4 is 40.5 Å². The zero-order valence-corrected chi connectivity index (χ0v) is 14.1. The van der Waals surface area contributed by atoms with Crippen LogP contribution in [0.25, 0.3) is 0 Å². The molecular formula is C17H18Cl2N2O. The molecule has 5 heteroatoms. The summed E-state index contributed by atoms with van der Waals surface area (Å²) in [5.74, 6) is -0.0565. The van der Waals surface area contributed by atoms with Crippen molar-refractivity contribution in [3.05, 3.63) is 57.6 Å². The molecule has 0 spiro atoms. The van der Waals surface area contributed by atoms with Crippen molar-refractivity contribution in [2.24, 2.45) is 0 Å². The maximum absolute atomic E-state index is 12.0. The molecule has 0 saturated carbocycles. The highest BCUT2D eigenvalue weighted by molar-refractivity contribution is 6.39. The molecule has 3 nitrogen and oxygen atoms in total. The van der Waals surface area contributed by atoms with Crippen molar-refractivity contribution < 1.29 is 4.79 Å². The SMILES string of the molecule is Cc1ccc(NC(=O)CCNc2c(Cl)cccc2Cl)cc1C. The van der Waals surface area contributed by atoms with Gasteiger partial charge in [-0.15, -0.1) is 0 Å². The largest absolute Gasteiger partial charge is 0.382 e. The van der Waals surface area contributed by atoms with E-state index in [1.54, 1.807) is 18.2 Å². The van der Waals surface area contributed by atoms with Crippen molar-refractivity contribution in [1.29, 1.82) is 0 Å². The van der Waals surface area contributed by atoms with Gasteiger partial charge in [-0.25, -0.2) is 0 Å². The third kappa shape index (κ3) is 4.39. The summed E-state index contributed by atoms with van der Waals surface area (Å²) < 4.78 is 0. The number of anilines is 2. The summed E-state index contributed by atoms with van der Waals surface area (Å²) in [5.41, 5.74) is 3.82. The fourth-order valence-corrected chi connectivity index (χ4v) is 2.54. The van der Waals surface area contributed by atoms with Crippen LogP contribution in [0.5, 0.6) is 0 Å². The van der Waals surface area contributed by atoms with E-state index >= 15 is 0 Å². The lowest BCUT2D eigenvalue weighted by molar-refractivity contribution is -0.115. The van der Waals surface area contributed by atoms with Gasteiger partial charge in [-0.2, -0.15) is 0 Å². The van der Waals surface area contributed by atoms with Crippen molar-refractivity contribution in [3.63, 3.8) is 0 Å². The predicted molar refractivity (Wildman–Crippen MR) is 94.1 cm³/mol. The fourth-order valence-electron chi connectivity index (χ4n) is 2.01. The molecule has 0 aromatic heterocycles. The van der Waals surface area contributed by atoms with Crippen LogP contribution < -0.4 is 10.6 Å². The fraction of sp³-hybridized carbons (Fsp3) is 0.235. The molecule has 1 amide bonds. The summed E-state index contributed by atoms with van der Waals surface area (Å²) >= 11 is 12.1. The van der Waals surface area contributed by atoms with Gasteiger partial charge in [0.2, 0.25) is 5.91 Å². The maximum atomic E-state index is 12.0. The summed E-state index contributed by atoms with van der Waals surface area (Å²) in [6.45, 7) is 4.52. The van der Waals surface area contributed by atoms with Crippen molar-refractivity contribution in [2.75, 3.05) is 17.2 Å². The average Bonchev–Trinajstić information content (AvgIpc) is 2.46. The number of halogens is 2.